The molecule has 1 amide bonds. The Balaban J connectivity index is 1.36. The summed E-state index contributed by atoms with van der Waals surface area (Å²) in [7, 11) is 0. The highest BCUT2D eigenvalue weighted by atomic mass is 16.5. The van der Waals surface area contributed by atoms with Crippen molar-refractivity contribution in [1.29, 1.82) is 0 Å². The molecule has 1 atom stereocenters. The van der Waals surface area contributed by atoms with Gasteiger partial charge in [0.05, 0.1) is 0 Å². The molecule has 3 heterocycles. The molecule has 0 spiro atoms. The smallest absolute Gasteiger partial charge is 0.263 e. The predicted molar refractivity (Wildman–Crippen MR) is 133 cm³/mol. The van der Waals surface area contributed by atoms with E-state index in [9.17, 15) is 4.79 Å². The van der Waals surface area contributed by atoms with E-state index in [-0.39, 0.29) is 11.3 Å². The average Bonchev–Trinajstić information content (AvgIpc) is 3.25. The van der Waals surface area contributed by atoms with Crippen molar-refractivity contribution < 1.29 is 9.53 Å². The van der Waals surface area contributed by atoms with Crippen molar-refractivity contribution in [2.75, 3.05) is 31.1 Å². The van der Waals surface area contributed by atoms with Crippen LogP contribution in [-0.2, 0) is 10.2 Å². The normalized spacial score (nSPS) is 15.4. The van der Waals surface area contributed by atoms with E-state index in [0.717, 1.165) is 28.8 Å². The maximum Gasteiger partial charge on any atom is 0.263 e. The minimum Gasteiger partial charge on any atom is -0.481 e. The van der Waals surface area contributed by atoms with E-state index in [0.29, 0.717) is 26.2 Å². The molecule has 4 rings (SSSR count). The molecule has 0 bridgehead atoms. The van der Waals surface area contributed by atoms with Crippen LogP contribution in [0.4, 0.5) is 5.82 Å². The number of imidazole rings is 1. The molecule has 0 aliphatic carbocycles. The molecule has 0 saturated carbocycles. The summed E-state index contributed by atoms with van der Waals surface area (Å²) in [6.45, 7) is 15.0. The van der Waals surface area contributed by atoms with Crippen LogP contribution >= 0.6 is 0 Å². The van der Waals surface area contributed by atoms with Gasteiger partial charge in [0.2, 0.25) is 0 Å². The maximum absolute atomic E-state index is 13.1. The highest BCUT2D eigenvalue weighted by Gasteiger charge is 2.28. The Kier molecular flexibility index (Phi) is 6.59. The fourth-order valence-corrected chi connectivity index (χ4v) is 4.22. The second kappa shape index (κ2) is 9.44. The monoisotopic (exact) mass is 462 g/mol. The zero-order valence-electron chi connectivity index (χ0n) is 20.9. The summed E-state index contributed by atoms with van der Waals surface area (Å²) in [5.74, 6) is 3.21. The van der Waals surface area contributed by atoms with Gasteiger partial charge in [-0.1, -0.05) is 38.5 Å². The van der Waals surface area contributed by atoms with Gasteiger partial charge in [-0.05, 0) is 49.9 Å². The molecule has 1 aliphatic heterocycles. The number of anilines is 1. The Morgan fingerprint density at radius 3 is 2.26 bits per heavy atom. The molecule has 8 heteroatoms. The molecule has 1 saturated heterocycles. The zero-order chi connectivity index (χ0) is 24.5. The number of ether oxygens (including phenoxy) is 1. The molecule has 180 valence electrons. The predicted octanol–water partition coefficient (Wildman–Crippen LogP) is 3.69. The fraction of sp³-hybridized carbons (Fsp3) is 0.462. The number of amides is 1. The van der Waals surface area contributed by atoms with E-state index in [1.807, 2.05) is 53.8 Å². The van der Waals surface area contributed by atoms with Crippen molar-refractivity contribution >= 4 is 11.7 Å². The van der Waals surface area contributed by atoms with Gasteiger partial charge >= 0.3 is 0 Å². The van der Waals surface area contributed by atoms with Gasteiger partial charge in [-0.3, -0.25) is 9.36 Å². The topological polar surface area (TPSA) is 76.4 Å². The molecule has 8 nitrogen and oxygen atoms in total. The number of benzene rings is 1. The third kappa shape index (κ3) is 5.05. The van der Waals surface area contributed by atoms with Crippen molar-refractivity contribution in [2.45, 2.75) is 53.1 Å². The lowest BCUT2D eigenvalue weighted by Crippen LogP contribution is -2.52. The number of hydrogen-bond acceptors (Lipinski definition) is 6. The third-order valence-corrected chi connectivity index (χ3v) is 6.22. The standard InChI is InChI=1S/C26H34N6O2/c1-18-7-8-22(21(17-18)26(4,5)6)34-19(2)25(33)31-15-13-30(14-16-31)23-9-10-24(29-28-23)32-12-11-27-20(32)3/h7-12,17,19H,13-16H2,1-6H3. The number of nitrogens with zero attached hydrogens (tertiary/aromatic N) is 6. The highest BCUT2D eigenvalue weighted by molar-refractivity contribution is 5.81. The quantitative estimate of drug-likeness (QED) is 0.576. The Morgan fingerprint density at radius 1 is 1.00 bits per heavy atom. The minimum absolute atomic E-state index is 0.0112. The third-order valence-electron chi connectivity index (χ3n) is 6.22. The van der Waals surface area contributed by atoms with Crippen LogP contribution in [0.3, 0.4) is 0 Å². The lowest BCUT2D eigenvalue weighted by atomic mass is 9.85. The van der Waals surface area contributed by atoms with Crippen molar-refractivity contribution in [3.63, 3.8) is 0 Å². The zero-order valence-corrected chi connectivity index (χ0v) is 20.9. The molecular weight excluding hydrogens is 428 g/mol. The van der Waals surface area contributed by atoms with E-state index in [1.54, 1.807) is 6.20 Å². The van der Waals surface area contributed by atoms with Gasteiger partial charge in [0.15, 0.2) is 17.7 Å². The van der Waals surface area contributed by atoms with Gasteiger partial charge < -0.3 is 14.5 Å². The van der Waals surface area contributed by atoms with Gasteiger partial charge in [0.25, 0.3) is 5.91 Å². The van der Waals surface area contributed by atoms with Gasteiger partial charge in [-0.2, -0.15) is 0 Å². The van der Waals surface area contributed by atoms with Crippen LogP contribution in [-0.4, -0.2) is 62.8 Å². The molecule has 34 heavy (non-hydrogen) atoms. The first-order valence-corrected chi connectivity index (χ1v) is 11.8. The molecular formula is C26H34N6O2. The Labute approximate surface area is 201 Å². The second-order valence-corrected chi connectivity index (χ2v) is 9.92. The fourth-order valence-electron chi connectivity index (χ4n) is 4.22. The molecule has 0 N–H and O–H groups in total. The van der Waals surface area contributed by atoms with E-state index >= 15 is 0 Å². The number of hydrogen-bond donors (Lipinski definition) is 0. The summed E-state index contributed by atoms with van der Waals surface area (Å²) >= 11 is 0. The van der Waals surface area contributed by atoms with Crippen LogP contribution in [0.25, 0.3) is 5.82 Å². The molecule has 3 aromatic rings. The summed E-state index contributed by atoms with van der Waals surface area (Å²) in [6.07, 6.45) is 3.07. The van der Waals surface area contributed by atoms with Crippen LogP contribution in [0.1, 0.15) is 44.6 Å². The lowest BCUT2D eigenvalue weighted by Gasteiger charge is -2.36. The van der Waals surface area contributed by atoms with Gasteiger partial charge in [-0.15, -0.1) is 10.2 Å². The number of aromatic nitrogens is 4. The molecule has 1 unspecified atom stereocenters. The van der Waals surface area contributed by atoms with Gasteiger partial charge in [0.1, 0.15) is 11.6 Å². The van der Waals surface area contributed by atoms with E-state index < -0.39 is 6.10 Å². The number of carbonyl (C=O) groups is 1. The summed E-state index contributed by atoms with van der Waals surface area (Å²) in [4.78, 5) is 21.4. The van der Waals surface area contributed by atoms with Crippen molar-refractivity contribution in [3.8, 4) is 11.6 Å². The van der Waals surface area contributed by atoms with Crippen LogP contribution in [0, 0.1) is 13.8 Å². The number of piperazine rings is 1. The van der Waals surface area contributed by atoms with E-state index in [2.05, 4.69) is 53.8 Å². The van der Waals surface area contributed by atoms with E-state index in [1.165, 1.54) is 5.56 Å². The van der Waals surface area contributed by atoms with Crippen molar-refractivity contribution in [2.24, 2.45) is 0 Å². The minimum atomic E-state index is -0.548. The highest BCUT2D eigenvalue weighted by Crippen LogP contribution is 2.33. The van der Waals surface area contributed by atoms with E-state index in [4.69, 9.17) is 4.74 Å². The first-order valence-electron chi connectivity index (χ1n) is 11.8. The lowest BCUT2D eigenvalue weighted by molar-refractivity contribution is -0.138. The second-order valence-electron chi connectivity index (χ2n) is 9.92. The van der Waals surface area contributed by atoms with Crippen LogP contribution in [0.2, 0.25) is 0 Å². The Hall–Kier alpha value is -3.42. The first-order chi connectivity index (χ1) is 16.1. The molecule has 2 aromatic heterocycles. The van der Waals surface area contributed by atoms with Crippen molar-refractivity contribution in [1.82, 2.24) is 24.6 Å². The van der Waals surface area contributed by atoms with Gasteiger partial charge in [0, 0.05) is 38.6 Å². The molecule has 1 aromatic carbocycles. The Bertz CT molecular complexity index is 1140. The molecule has 1 aliphatic rings. The molecule has 0 radical (unpaired) electrons. The van der Waals surface area contributed by atoms with Gasteiger partial charge in [-0.25, -0.2) is 4.98 Å². The average molecular weight is 463 g/mol. The number of carbonyl (C=O) groups excluding carboxylic acids is 1. The SMILES string of the molecule is Cc1ccc(OC(C)C(=O)N2CCN(c3ccc(-n4ccnc4C)nn3)CC2)c(C(C)(C)C)c1. The summed E-state index contributed by atoms with van der Waals surface area (Å²) in [5.41, 5.74) is 2.23. The van der Waals surface area contributed by atoms with Crippen LogP contribution in [0.15, 0.2) is 42.7 Å². The number of rotatable bonds is 5. The maximum atomic E-state index is 13.1. The number of aryl methyl sites for hydroxylation is 2. The summed E-state index contributed by atoms with van der Waals surface area (Å²) < 4.78 is 8.07. The van der Waals surface area contributed by atoms with Crippen molar-refractivity contribution in [3.05, 3.63) is 59.7 Å². The Morgan fingerprint density at radius 2 is 1.68 bits per heavy atom. The summed E-state index contributed by atoms with van der Waals surface area (Å²) in [6, 6.07) is 10.1. The van der Waals surface area contributed by atoms with Crippen LogP contribution in [0.5, 0.6) is 5.75 Å². The largest absolute Gasteiger partial charge is 0.481 e. The first kappa shape index (κ1) is 23.7. The summed E-state index contributed by atoms with van der Waals surface area (Å²) in [5, 5.41) is 8.75. The van der Waals surface area contributed by atoms with Crippen LogP contribution < -0.4 is 9.64 Å². The molecule has 1 fully saturated rings.